The Morgan fingerprint density at radius 2 is 1.79 bits per heavy atom. The van der Waals surface area contributed by atoms with Gasteiger partial charge < -0.3 is 25.0 Å². The number of fused-ring (bicyclic) bond motifs is 1. The van der Waals surface area contributed by atoms with Crippen LogP contribution in [0.3, 0.4) is 0 Å². The van der Waals surface area contributed by atoms with Gasteiger partial charge in [-0.3, -0.25) is 4.79 Å². The third kappa shape index (κ3) is 5.07. The summed E-state index contributed by atoms with van der Waals surface area (Å²) in [6.07, 6.45) is 4.79. The first-order valence-electron chi connectivity index (χ1n) is 11.7. The standard InChI is InChI=1S/C26H33N3O4/c1-17-7-6-10-20(13-17)28-26(31)29-12-11-19-14-23(32-2)24(33-3)15-21(19)22(29)16-27-25(30)18-8-4-5-9-18/h6-7,10,13-15,18,22H,4-5,8-9,11-12,16H2,1-3H3,(H,27,30)(H,28,31)/t22-/m1/s1. The van der Waals surface area contributed by atoms with E-state index >= 15 is 0 Å². The number of anilines is 1. The summed E-state index contributed by atoms with van der Waals surface area (Å²) >= 11 is 0. The summed E-state index contributed by atoms with van der Waals surface area (Å²) in [5.74, 6) is 1.44. The number of nitrogens with zero attached hydrogens (tertiary/aromatic N) is 1. The van der Waals surface area contributed by atoms with Crippen LogP contribution in [0.5, 0.6) is 11.5 Å². The minimum Gasteiger partial charge on any atom is -0.493 e. The molecule has 7 heteroatoms. The SMILES string of the molecule is COc1cc2c(cc1OC)[C@@H](CNC(=O)C1CCCC1)N(C(=O)Nc1cccc(C)c1)CC2. The first-order chi connectivity index (χ1) is 16.0. The predicted octanol–water partition coefficient (Wildman–Crippen LogP) is 4.45. The molecule has 3 amide bonds. The summed E-state index contributed by atoms with van der Waals surface area (Å²) in [6, 6.07) is 11.2. The summed E-state index contributed by atoms with van der Waals surface area (Å²) in [7, 11) is 3.22. The van der Waals surface area contributed by atoms with Crippen molar-refractivity contribution in [1.82, 2.24) is 10.2 Å². The molecule has 0 unspecified atom stereocenters. The second kappa shape index (κ2) is 10.1. The molecule has 0 bridgehead atoms. The third-order valence-electron chi connectivity index (χ3n) is 6.73. The Labute approximate surface area is 195 Å². The Hall–Kier alpha value is -3.22. The van der Waals surface area contributed by atoms with Crippen LogP contribution in [0.25, 0.3) is 0 Å². The highest BCUT2D eigenvalue weighted by atomic mass is 16.5. The van der Waals surface area contributed by atoms with E-state index in [1.165, 1.54) is 0 Å². The summed E-state index contributed by atoms with van der Waals surface area (Å²) in [5, 5.41) is 6.15. The van der Waals surface area contributed by atoms with E-state index in [9.17, 15) is 9.59 Å². The average molecular weight is 452 g/mol. The molecule has 7 nitrogen and oxygen atoms in total. The van der Waals surface area contributed by atoms with Crippen LogP contribution in [0.2, 0.25) is 0 Å². The fourth-order valence-corrected chi connectivity index (χ4v) is 4.94. The monoisotopic (exact) mass is 451 g/mol. The summed E-state index contributed by atoms with van der Waals surface area (Å²) in [6.45, 7) is 2.90. The van der Waals surface area contributed by atoms with E-state index in [0.29, 0.717) is 31.0 Å². The minimum absolute atomic E-state index is 0.0769. The lowest BCUT2D eigenvalue weighted by molar-refractivity contribution is -0.125. The highest BCUT2D eigenvalue weighted by Gasteiger charge is 2.33. The Bertz CT molecular complexity index is 1020. The van der Waals surface area contributed by atoms with E-state index < -0.39 is 0 Å². The molecule has 0 radical (unpaired) electrons. The zero-order valence-electron chi connectivity index (χ0n) is 19.6. The van der Waals surface area contributed by atoms with Crippen molar-refractivity contribution in [2.45, 2.75) is 45.1 Å². The largest absolute Gasteiger partial charge is 0.493 e. The van der Waals surface area contributed by atoms with E-state index in [1.807, 2.05) is 48.2 Å². The number of aryl methyl sites for hydroxylation is 1. The highest BCUT2D eigenvalue weighted by Crippen LogP contribution is 2.38. The van der Waals surface area contributed by atoms with E-state index in [2.05, 4.69) is 10.6 Å². The molecule has 1 aliphatic heterocycles. The summed E-state index contributed by atoms with van der Waals surface area (Å²) in [4.78, 5) is 27.9. The lowest BCUT2D eigenvalue weighted by atomic mass is 9.91. The van der Waals surface area contributed by atoms with Gasteiger partial charge >= 0.3 is 6.03 Å². The molecule has 4 rings (SSSR count). The number of hydrogen-bond acceptors (Lipinski definition) is 4. The Balaban J connectivity index is 1.60. The second-order valence-corrected chi connectivity index (χ2v) is 8.89. The third-order valence-corrected chi connectivity index (χ3v) is 6.73. The van der Waals surface area contributed by atoms with Crippen molar-refractivity contribution in [3.8, 4) is 11.5 Å². The second-order valence-electron chi connectivity index (χ2n) is 8.89. The first-order valence-corrected chi connectivity index (χ1v) is 11.7. The topological polar surface area (TPSA) is 79.9 Å². The average Bonchev–Trinajstić information content (AvgIpc) is 3.36. The van der Waals surface area contributed by atoms with Crippen LogP contribution in [0.1, 0.15) is 48.4 Å². The van der Waals surface area contributed by atoms with Gasteiger partial charge in [0.15, 0.2) is 11.5 Å². The molecule has 1 heterocycles. The van der Waals surface area contributed by atoms with Crippen molar-refractivity contribution in [2.75, 3.05) is 32.6 Å². The van der Waals surface area contributed by atoms with Gasteiger partial charge in [-0.05, 0) is 67.1 Å². The summed E-state index contributed by atoms with van der Waals surface area (Å²) < 4.78 is 11.0. The van der Waals surface area contributed by atoms with Gasteiger partial charge in [0.05, 0.1) is 20.3 Å². The molecule has 1 aliphatic carbocycles. The molecule has 1 fully saturated rings. The number of methoxy groups -OCH3 is 2. The van der Waals surface area contributed by atoms with Crippen LogP contribution >= 0.6 is 0 Å². The van der Waals surface area contributed by atoms with Gasteiger partial charge in [-0.15, -0.1) is 0 Å². The van der Waals surface area contributed by atoms with Gasteiger partial charge in [-0.25, -0.2) is 4.79 Å². The molecule has 0 saturated heterocycles. The Kier molecular flexibility index (Phi) is 7.06. The number of carbonyl (C=O) groups excluding carboxylic acids is 2. The lowest BCUT2D eigenvalue weighted by Crippen LogP contribution is -2.47. The molecule has 33 heavy (non-hydrogen) atoms. The maximum absolute atomic E-state index is 13.3. The van der Waals surface area contributed by atoms with Crippen molar-refractivity contribution in [3.63, 3.8) is 0 Å². The highest BCUT2D eigenvalue weighted by molar-refractivity contribution is 5.90. The van der Waals surface area contributed by atoms with Crippen molar-refractivity contribution in [3.05, 3.63) is 53.1 Å². The van der Waals surface area contributed by atoms with Crippen LogP contribution in [0.15, 0.2) is 36.4 Å². The number of carbonyl (C=O) groups is 2. The van der Waals surface area contributed by atoms with Crippen LogP contribution in [-0.2, 0) is 11.2 Å². The van der Waals surface area contributed by atoms with E-state index in [0.717, 1.165) is 48.1 Å². The molecule has 2 aromatic carbocycles. The van der Waals surface area contributed by atoms with Gasteiger partial charge in [-0.2, -0.15) is 0 Å². The number of nitrogens with one attached hydrogen (secondary N) is 2. The molecule has 1 saturated carbocycles. The predicted molar refractivity (Wildman–Crippen MR) is 128 cm³/mol. The maximum Gasteiger partial charge on any atom is 0.322 e. The number of amides is 3. The fraction of sp³-hybridized carbons (Fsp3) is 0.462. The van der Waals surface area contributed by atoms with Crippen molar-refractivity contribution < 1.29 is 19.1 Å². The van der Waals surface area contributed by atoms with Crippen molar-refractivity contribution in [2.24, 2.45) is 5.92 Å². The van der Waals surface area contributed by atoms with E-state index in [-0.39, 0.29) is 23.9 Å². The van der Waals surface area contributed by atoms with Gasteiger partial charge in [-0.1, -0.05) is 25.0 Å². The van der Waals surface area contributed by atoms with Crippen molar-refractivity contribution in [1.29, 1.82) is 0 Å². The number of rotatable bonds is 6. The lowest BCUT2D eigenvalue weighted by Gasteiger charge is -2.38. The van der Waals surface area contributed by atoms with Gasteiger partial charge in [0, 0.05) is 24.7 Å². The zero-order valence-corrected chi connectivity index (χ0v) is 19.6. The number of ether oxygens (including phenoxy) is 2. The molecule has 2 aromatic rings. The molecule has 2 aliphatic rings. The van der Waals surface area contributed by atoms with E-state index in [1.54, 1.807) is 14.2 Å². The smallest absolute Gasteiger partial charge is 0.322 e. The van der Waals surface area contributed by atoms with Crippen LogP contribution in [-0.4, -0.2) is 44.1 Å². The van der Waals surface area contributed by atoms with Crippen LogP contribution < -0.4 is 20.1 Å². The van der Waals surface area contributed by atoms with E-state index in [4.69, 9.17) is 9.47 Å². The van der Waals surface area contributed by atoms with Gasteiger partial charge in [0.25, 0.3) is 0 Å². The Morgan fingerprint density at radius 1 is 1.06 bits per heavy atom. The normalized spacial score (nSPS) is 17.9. The molecule has 176 valence electrons. The van der Waals surface area contributed by atoms with Gasteiger partial charge in [0.1, 0.15) is 0 Å². The number of urea groups is 1. The minimum atomic E-state index is -0.302. The first kappa shape index (κ1) is 23.0. The Morgan fingerprint density at radius 3 is 2.48 bits per heavy atom. The molecule has 0 aromatic heterocycles. The number of benzene rings is 2. The van der Waals surface area contributed by atoms with Crippen LogP contribution in [0, 0.1) is 12.8 Å². The maximum atomic E-state index is 13.3. The van der Waals surface area contributed by atoms with Gasteiger partial charge in [0.2, 0.25) is 5.91 Å². The van der Waals surface area contributed by atoms with Crippen LogP contribution in [0.4, 0.5) is 10.5 Å². The molecule has 2 N–H and O–H groups in total. The number of hydrogen-bond donors (Lipinski definition) is 2. The molecule has 1 atom stereocenters. The molecular weight excluding hydrogens is 418 g/mol. The molecule has 0 spiro atoms. The van der Waals surface area contributed by atoms with Crippen molar-refractivity contribution >= 4 is 17.6 Å². The molecular formula is C26H33N3O4. The fourth-order valence-electron chi connectivity index (χ4n) is 4.94. The zero-order chi connectivity index (χ0) is 23.4. The quantitative estimate of drug-likeness (QED) is 0.680. The summed E-state index contributed by atoms with van der Waals surface area (Å²) in [5.41, 5.74) is 3.92.